The maximum Gasteiger partial charge on any atom is 0.0741 e. The van der Waals surface area contributed by atoms with E-state index in [-0.39, 0.29) is 6.10 Å². The molecule has 2 rings (SSSR count). The minimum absolute atomic E-state index is 0.271. The van der Waals surface area contributed by atoms with Crippen molar-refractivity contribution in [1.29, 1.82) is 0 Å². The monoisotopic (exact) mass is 245 g/mol. The summed E-state index contributed by atoms with van der Waals surface area (Å²) >= 11 is 0. The summed E-state index contributed by atoms with van der Waals surface area (Å²) in [6, 6.07) is 7.12. The summed E-state index contributed by atoms with van der Waals surface area (Å²) in [5, 5.41) is 1.31. The predicted octanol–water partition coefficient (Wildman–Crippen LogP) is 4.46. The van der Waals surface area contributed by atoms with E-state index in [0.29, 0.717) is 12.6 Å². The Morgan fingerprint density at radius 3 is 2.50 bits per heavy atom. The molecule has 0 aliphatic carbocycles. The van der Waals surface area contributed by atoms with E-state index in [1.807, 2.05) is 0 Å². The third-order valence-electron chi connectivity index (χ3n) is 3.20. The first-order valence-corrected chi connectivity index (χ1v) is 6.70. The van der Waals surface area contributed by atoms with Crippen LogP contribution in [-0.2, 0) is 11.3 Å². The number of aryl methyl sites for hydroxylation is 1. The van der Waals surface area contributed by atoms with Gasteiger partial charge >= 0.3 is 0 Å². The average Bonchev–Trinajstić information content (AvgIpc) is 2.64. The summed E-state index contributed by atoms with van der Waals surface area (Å²) in [6.45, 7) is 11.4. The summed E-state index contributed by atoms with van der Waals surface area (Å²) in [5.74, 6) is 0. The standard InChI is InChI=1S/C16H23NO/c1-11(2)17-9-14(10-18-12(3)4)15-7-6-13(5)8-16(15)17/h6-9,11-12H,10H2,1-5H3. The first-order chi connectivity index (χ1) is 8.49. The zero-order chi connectivity index (χ0) is 13.3. The summed E-state index contributed by atoms with van der Waals surface area (Å²) < 4.78 is 8.08. The quantitative estimate of drug-likeness (QED) is 0.776. The van der Waals surface area contributed by atoms with Gasteiger partial charge in [0.1, 0.15) is 0 Å². The zero-order valence-corrected chi connectivity index (χ0v) is 12.0. The number of nitrogens with zero attached hydrogens (tertiary/aromatic N) is 1. The van der Waals surface area contributed by atoms with E-state index >= 15 is 0 Å². The Hall–Kier alpha value is -1.28. The lowest BCUT2D eigenvalue weighted by atomic mass is 10.1. The van der Waals surface area contributed by atoms with Crippen LogP contribution in [0.3, 0.4) is 0 Å². The van der Waals surface area contributed by atoms with E-state index in [0.717, 1.165) is 0 Å². The van der Waals surface area contributed by atoms with Gasteiger partial charge in [0, 0.05) is 28.7 Å². The van der Waals surface area contributed by atoms with E-state index in [2.05, 4.69) is 63.6 Å². The van der Waals surface area contributed by atoms with Crippen molar-refractivity contribution in [3.63, 3.8) is 0 Å². The Kier molecular flexibility index (Phi) is 3.76. The lowest BCUT2D eigenvalue weighted by Crippen LogP contribution is -2.02. The molecule has 0 radical (unpaired) electrons. The Morgan fingerprint density at radius 1 is 1.17 bits per heavy atom. The molecule has 0 aliphatic rings. The number of hydrogen-bond acceptors (Lipinski definition) is 1. The van der Waals surface area contributed by atoms with E-state index in [1.165, 1.54) is 22.0 Å². The minimum atomic E-state index is 0.271. The average molecular weight is 245 g/mol. The van der Waals surface area contributed by atoms with Crippen molar-refractivity contribution in [1.82, 2.24) is 4.57 Å². The molecule has 1 heterocycles. The predicted molar refractivity (Wildman–Crippen MR) is 77.0 cm³/mol. The van der Waals surface area contributed by atoms with Gasteiger partial charge in [0.05, 0.1) is 12.7 Å². The highest BCUT2D eigenvalue weighted by molar-refractivity contribution is 5.84. The number of benzene rings is 1. The van der Waals surface area contributed by atoms with Crippen LogP contribution in [0.25, 0.3) is 10.9 Å². The third-order valence-corrected chi connectivity index (χ3v) is 3.20. The fraction of sp³-hybridized carbons (Fsp3) is 0.500. The highest BCUT2D eigenvalue weighted by Gasteiger charge is 2.11. The molecule has 0 aliphatic heterocycles. The maximum absolute atomic E-state index is 5.75. The zero-order valence-electron chi connectivity index (χ0n) is 12.0. The fourth-order valence-corrected chi connectivity index (χ4v) is 2.23. The van der Waals surface area contributed by atoms with Gasteiger partial charge < -0.3 is 9.30 Å². The van der Waals surface area contributed by atoms with Gasteiger partial charge in [-0.2, -0.15) is 0 Å². The first-order valence-electron chi connectivity index (χ1n) is 6.70. The second kappa shape index (κ2) is 5.15. The van der Waals surface area contributed by atoms with E-state index in [9.17, 15) is 0 Å². The van der Waals surface area contributed by atoms with E-state index in [4.69, 9.17) is 4.74 Å². The SMILES string of the molecule is Cc1ccc2c(COC(C)C)cn(C(C)C)c2c1. The summed E-state index contributed by atoms with van der Waals surface area (Å²) in [4.78, 5) is 0. The van der Waals surface area contributed by atoms with Gasteiger partial charge in [0.25, 0.3) is 0 Å². The summed E-state index contributed by atoms with van der Waals surface area (Å²) in [7, 11) is 0. The number of aromatic nitrogens is 1. The van der Waals surface area contributed by atoms with Crippen molar-refractivity contribution in [3.8, 4) is 0 Å². The number of fused-ring (bicyclic) bond motifs is 1. The molecular weight excluding hydrogens is 222 g/mol. The molecule has 0 spiro atoms. The van der Waals surface area contributed by atoms with Gasteiger partial charge in [0.15, 0.2) is 0 Å². The molecule has 2 heteroatoms. The van der Waals surface area contributed by atoms with Crippen LogP contribution in [0.1, 0.15) is 44.9 Å². The Balaban J connectivity index is 2.47. The van der Waals surface area contributed by atoms with Crippen molar-refractivity contribution < 1.29 is 4.74 Å². The molecule has 18 heavy (non-hydrogen) atoms. The molecule has 0 atom stereocenters. The van der Waals surface area contributed by atoms with Crippen LogP contribution in [0, 0.1) is 6.92 Å². The lowest BCUT2D eigenvalue weighted by molar-refractivity contribution is 0.0663. The van der Waals surface area contributed by atoms with Crippen LogP contribution in [0.4, 0.5) is 0 Å². The number of hydrogen-bond donors (Lipinski definition) is 0. The topological polar surface area (TPSA) is 14.2 Å². The molecule has 1 aromatic carbocycles. The number of ether oxygens (including phenoxy) is 1. The van der Waals surface area contributed by atoms with Gasteiger partial charge in [-0.15, -0.1) is 0 Å². The maximum atomic E-state index is 5.75. The Morgan fingerprint density at radius 2 is 1.89 bits per heavy atom. The second-order valence-corrected chi connectivity index (χ2v) is 5.54. The van der Waals surface area contributed by atoms with Crippen LogP contribution in [0.15, 0.2) is 24.4 Å². The lowest BCUT2D eigenvalue weighted by Gasteiger charge is -2.09. The van der Waals surface area contributed by atoms with Gasteiger partial charge in [-0.3, -0.25) is 0 Å². The molecule has 0 saturated carbocycles. The molecule has 0 unspecified atom stereocenters. The van der Waals surface area contributed by atoms with Crippen LogP contribution in [0.5, 0.6) is 0 Å². The molecule has 0 fully saturated rings. The van der Waals surface area contributed by atoms with Crippen LogP contribution >= 0.6 is 0 Å². The summed E-state index contributed by atoms with van der Waals surface area (Å²) in [6.07, 6.45) is 2.50. The smallest absolute Gasteiger partial charge is 0.0741 e. The largest absolute Gasteiger partial charge is 0.374 e. The Bertz CT molecular complexity index is 537. The number of rotatable bonds is 4. The summed E-state index contributed by atoms with van der Waals surface area (Å²) in [5.41, 5.74) is 3.90. The van der Waals surface area contributed by atoms with Crippen molar-refractivity contribution in [2.24, 2.45) is 0 Å². The molecule has 0 N–H and O–H groups in total. The van der Waals surface area contributed by atoms with E-state index in [1.54, 1.807) is 0 Å². The second-order valence-electron chi connectivity index (χ2n) is 5.54. The molecule has 2 nitrogen and oxygen atoms in total. The van der Waals surface area contributed by atoms with Crippen molar-refractivity contribution in [2.45, 2.75) is 53.4 Å². The van der Waals surface area contributed by atoms with E-state index < -0.39 is 0 Å². The van der Waals surface area contributed by atoms with Gasteiger partial charge in [-0.25, -0.2) is 0 Å². The molecule has 1 aromatic heterocycles. The molecule has 0 amide bonds. The van der Waals surface area contributed by atoms with Crippen LogP contribution in [-0.4, -0.2) is 10.7 Å². The minimum Gasteiger partial charge on any atom is -0.374 e. The van der Waals surface area contributed by atoms with Gasteiger partial charge in [0.2, 0.25) is 0 Å². The fourth-order valence-electron chi connectivity index (χ4n) is 2.23. The Labute approximate surface area is 110 Å². The normalized spacial score (nSPS) is 11.9. The molecule has 2 aromatic rings. The molecular formula is C16H23NO. The van der Waals surface area contributed by atoms with Crippen molar-refractivity contribution >= 4 is 10.9 Å². The van der Waals surface area contributed by atoms with Gasteiger partial charge in [-0.05, 0) is 46.2 Å². The van der Waals surface area contributed by atoms with Crippen molar-refractivity contribution in [3.05, 3.63) is 35.5 Å². The van der Waals surface area contributed by atoms with Crippen LogP contribution < -0.4 is 0 Å². The molecule has 0 saturated heterocycles. The van der Waals surface area contributed by atoms with Crippen molar-refractivity contribution in [2.75, 3.05) is 0 Å². The first kappa shape index (κ1) is 13.2. The van der Waals surface area contributed by atoms with Gasteiger partial charge in [-0.1, -0.05) is 12.1 Å². The van der Waals surface area contributed by atoms with Crippen LogP contribution in [0.2, 0.25) is 0 Å². The molecule has 98 valence electrons. The molecule has 0 bridgehead atoms. The highest BCUT2D eigenvalue weighted by atomic mass is 16.5. The third kappa shape index (κ3) is 2.59. The highest BCUT2D eigenvalue weighted by Crippen LogP contribution is 2.26.